The van der Waals surface area contributed by atoms with Crippen molar-refractivity contribution in [2.75, 3.05) is 0 Å². The minimum absolute atomic E-state index is 0.0250. The predicted molar refractivity (Wildman–Crippen MR) is 91.5 cm³/mol. The van der Waals surface area contributed by atoms with E-state index in [2.05, 4.69) is 55.5 Å². The van der Waals surface area contributed by atoms with Crippen molar-refractivity contribution < 1.29 is 4.79 Å². The Morgan fingerprint density at radius 2 is 1.91 bits per heavy atom. The minimum Gasteiger partial charge on any atom is -0.347 e. The summed E-state index contributed by atoms with van der Waals surface area (Å²) >= 11 is 0. The van der Waals surface area contributed by atoms with Crippen LogP contribution in [0.5, 0.6) is 0 Å². The van der Waals surface area contributed by atoms with Gasteiger partial charge in [-0.2, -0.15) is 5.10 Å². The number of carbonyl (C=O) groups is 1. The van der Waals surface area contributed by atoms with Crippen molar-refractivity contribution in [1.82, 2.24) is 15.1 Å². The summed E-state index contributed by atoms with van der Waals surface area (Å²) in [5.74, 6) is -0.0250. The third kappa shape index (κ3) is 3.16. The second kappa shape index (κ2) is 5.84. The number of amides is 1. The van der Waals surface area contributed by atoms with Crippen LogP contribution in [0.25, 0.3) is 0 Å². The van der Waals surface area contributed by atoms with Crippen molar-refractivity contribution in [3.8, 4) is 0 Å². The molecule has 122 valence electrons. The number of rotatable bonds is 3. The number of hydrogen-bond donors (Lipinski definition) is 1. The molecule has 0 unspecified atom stereocenters. The highest BCUT2D eigenvalue weighted by molar-refractivity contribution is 5.94. The van der Waals surface area contributed by atoms with E-state index in [4.69, 9.17) is 0 Å². The van der Waals surface area contributed by atoms with Gasteiger partial charge in [0.1, 0.15) is 5.69 Å². The third-order valence-electron chi connectivity index (χ3n) is 4.56. The molecule has 0 saturated carbocycles. The molecule has 0 radical (unpaired) electrons. The van der Waals surface area contributed by atoms with Crippen LogP contribution in [0, 0.1) is 0 Å². The fraction of sp³-hybridized carbons (Fsp3) is 0.474. The molecular formula is C19H25N3O. The van der Waals surface area contributed by atoms with Crippen LogP contribution < -0.4 is 5.32 Å². The smallest absolute Gasteiger partial charge is 0.270 e. The number of aryl methyl sites for hydroxylation is 2. The fourth-order valence-electron chi connectivity index (χ4n) is 3.19. The number of benzene rings is 1. The normalized spacial score (nSPS) is 13.9. The average Bonchev–Trinajstić information content (AvgIpc) is 3.04. The maximum atomic E-state index is 12.5. The van der Waals surface area contributed by atoms with Gasteiger partial charge < -0.3 is 5.32 Å². The molecule has 0 saturated heterocycles. The first kappa shape index (κ1) is 15.8. The van der Waals surface area contributed by atoms with Crippen molar-refractivity contribution in [3.05, 3.63) is 52.3 Å². The molecule has 2 aromatic rings. The SMILES string of the molecule is Cn1nc2c(c1C(=O)NCc1ccc(C(C)(C)C)cc1)CCC2. The van der Waals surface area contributed by atoms with Crippen LogP contribution in [0.4, 0.5) is 0 Å². The van der Waals surface area contributed by atoms with E-state index in [1.807, 2.05) is 7.05 Å². The van der Waals surface area contributed by atoms with E-state index in [1.54, 1.807) is 4.68 Å². The second-order valence-corrected chi connectivity index (χ2v) is 7.38. The van der Waals surface area contributed by atoms with Crippen LogP contribution in [0.3, 0.4) is 0 Å². The van der Waals surface area contributed by atoms with Gasteiger partial charge in [-0.3, -0.25) is 9.48 Å². The van der Waals surface area contributed by atoms with Gasteiger partial charge in [0, 0.05) is 19.2 Å². The highest BCUT2D eigenvalue weighted by atomic mass is 16.2. The molecule has 0 fully saturated rings. The van der Waals surface area contributed by atoms with Crippen LogP contribution in [-0.4, -0.2) is 15.7 Å². The van der Waals surface area contributed by atoms with Crippen molar-refractivity contribution in [1.29, 1.82) is 0 Å². The number of nitrogens with one attached hydrogen (secondary N) is 1. The number of nitrogens with zero attached hydrogens (tertiary/aromatic N) is 2. The Hall–Kier alpha value is -2.10. The maximum Gasteiger partial charge on any atom is 0.270 e. The maximum absolute atomic E-state index is 12.5. The molecule has 1 aromatic heterocycles. The van der Waals surface area contributed by atoms with Gasteiger partial charge in [0.2, 0.25) is 0 Å². The van der Waals surface area contributed by atoms with E-state index in [1.165, 1.54) is 5.56 Å². The van der Waals surface area contributed by atoms with E-state index in [0.29, 0.717) is 6.54 Å². The molecule has 3 rings (SSSR count). The lowest BCUT2D eigenvalue weighted by Gasteiger charge is -2.19. The molecule has 0 aliphatic heterocycles. The molecule has 0 spiro atoms. The molecule has 1 aliphatic carbocycles. The molecule has 1 heterocycles. The van der Waals surface area contributed by atoms with Gasteiger partial charge in [0.25, 0.3) is 5.91 Å². The van der Waals surface area contributed by atoms with Gasteiger partial charge in [0.05, 0.1) is 5.69 Å². The van der Waals surface area contributed by atoms with Gasteiger partial charge in [-0.05, 0) is 35.8 Å². The van der Waals surface area contributed by atoms with E-state index >= 15 is 0 Å². The lowest BCUT2D eigenvalue weighted by atomic mass is 9.87. The van der Waals surface area contributed by atoms with Gasteiger partial charge in [0.15, 0.2) is 0 Å². The summed E-state index contributed by atoms with van der Waals surface area (Å²) in [6.45, 7) is 7.15. The molecule has 1 N–H and O–H groups in total. The Morgan fingerprint density at radius 1 is 1.22 bits per heavy atom. The summed E-state index contributed by atoms with van der Waals surface area (Å²) in [5.41, 5.74) is 5.52. The van der Waals surface area contributed by atoms with Crippen molar-refractivity contribution >= 4 is 5.91 Å². The minimum atomic E-state index is -0.0250. The number of aromatic nitrogens is 2. The van der Waals surface area contributed by atoms with Crippen LogP contribution in [0.1, 0.15) is 60.1 Å². The summed E-state index contributed by atoms with van der Waals surface area (Å²) in [7, 11) is 1.85. The Kier molecular flexibility index (Phi) is 4.00. The number of carbonyl (C=O) groups excluding carboxylic acids is 1. The molecule has 4 heteroatoms. The third-order valence-corrected chi connectivity index (χ3v) is 4.56. The summed E-state index contributed by atoms with van der Waals surface area (Å²) < 4.78 is 1.72. The van der Waals surface area contributed by atoms with Crippen LogP contribution in [0.15, 0.2) is 24.3 Å². The largest absolute Gasteiger partial charge is 0.347 e. The van der Waals surface area contributed by atoms with E-state index in [0.717, 1.165) is 41.8 Å². The van der Waals surface area contributed by atoms with E-state index < -0.39 is 0 Å². The Morgan fingerprint density at radius 3 is 2.57 bits per heavy atom. The molecule has 1 aliphatic rings. The van der Waals surface area contributed by atoms with Gasteiger partial charge >= 0.3 is 0 Å². The standard InChI is InChI=1S/C19H25N3O/c1-19(2,3)14-10-8-13(9-11-14)12-20-18(23)17-15-6-5-7-16(15)21-22(17)4/h8-11H,5-7,12H2,1-4H3,(H,20,23). The van der Waals surface area contributed by atoms with Crippen LogP contribution in [-0.2, 0) is 31.8 Å². The van der Waals surface area contributed by atoms with Crippen molar-refractivity contribution in [2.45, 2.75) is 52.0 Å². The number of fused-ring (bicyclic) bond motifs is 1. The van der Waals surface area contributed by atoms with Gasteiger partial charge in [-0.15, -0.1) is 0 Å². The van der Waals surface area contributed by atoms with Gasteiger partial charge in [-0.1, -0.05) is 45.0 Å². The van der Waals surface area contributed by atoms with Crippen molar-refractivity contribution in [2.24, 2.45) is 7.05 Å². The molecule has 4 nitrogen and oxygen atoms in total. The predicted octanol–water partition coefficient (Wildman–Crippen LogP) is 3.14. The lowest BCUT2D eigenvalue weighted by Crippen LogP contribution is -2.26. The first-order chi connectivity index (χ1) is 10.9. The Labute approximate surface area is 137 Å². The first-order valence-corrected chi connectivity index (χ1v) is 8.28. The zero-order valence-electron chi connectivity index (χ0n) is 14.4. The van der Waals surface area contributed by atoms with Crippen molar-refractivity contribution in [3.63, 3.8) is 0 Å². The molecule has 0 atom stereocenters. The van der Waals surface area contributed by atoms with Gasteiger partial charge in [-0.25, -0.2) is 0 Å². The average molecular weight is 311 g/mol. The quantitative estimate of drug-likeness (QED) is 0.946. The molecule has 1 amide bonds. The highest BCUT2D eigenvalue weighted by Gasteiger charge is 2.25. The molecule has 0 bridgehead atoms. The zero-order chi connectivity index (χ0) is 16.6. The second-order valence-electron chi connectivity index (χ2n) is 7.38. The summed E-state index contributed by atoms with van der Waals surface area (Å²) in [6, 6.07) is 8.47. The van der Waals surface area contributed by atoms with E-state index in [9.17, 15) is 4.79 Å². The summed E-state index contributed by atoms with van der Waals surface area (Å²) in [5, 5.41) is 7.49. The summed E-state index contributed by atoms with van der Waals surface area (Å²) in [6.07, 6.45) is 3.06. The molecule has 23 heavy (non-hydrogen) atoms. The number of hydrogen-bond acceptors (Lipinski definition) is 2. The van der Waals surface area contributed by atoms with Crippen LogP contribution in [0.2, 0.25) is 0 Å². The van der Waals surface area contributed by atoms with Crippen LogP contribution >= 0.6 is 0 Å². The highest BCUT2D eigenvalue weighted by Crippen LogP contribution is 2.24. The molecular weight excluding hydrogens is 286 g/mol. The summed E-state index contributed by atoms with van der Waals surface area (Å²) in [4.78, 5) is 12.5. The first-order valence-electron chi connectivity index (χ1n) is 8.28. The lowest BCUT2D eigenvalue weighted by molar-refractivity contribution is 0.0940. The Balaban J connectivity index is 1.68. The monoisotopic (exact) mass is 311 g/mol. The van der Waals surface area contributed by atoms with E-state index in [-0.39, 0.29) is 11.3 Å². The zero-order valence-corrected chi connectivity index (χ0v) is 14.4. The Bertz CT molecular complexity index is 720. The topological polar surface area (TPSA) is 46.9 Å². The fourth-order valence-corrected chi connectivity index (χ4v) is 3.19. The molecule has 1 aromatic carbocycles.